The highest BCUT2D eigenvalue weighted by Crippen LogP contribution is 2.30. The van der Waals surface area contributed by atoms with Gasteiger partial charge in [0.15, 0.2) is 6.79 Å². The predicted molar refractivity (Wildman–Crippen MR) is 195 cm³/mol. The number of aldehydes is 1. The van der Waals surface area contributed by atoms with E-state index in [1.54, 1.807) is 19.1 Å². The van der Waals surface area contributed by atoms with Gasteiger partial charge in [-0.2, -0.15) is 0 Å². The van der Waals surface area contributed by atoms with Crippen LogP contribution in [0.25, 0.3) is 0 Å². The van der Waals surface area contributed by atoms with E-state index < -0.39 is 25.4 Å². The van der Waals surface area contributed by atoms with Crippen LogP contribution in [0.4, 0.5) is 0 Å². The lowest BCUT2D eigenvalue weighted by atomic mass is 9.99. The van der Waals surface area contributed by atoms with E-state index in [0.717, 1.165) is 38.0 Å². The van der Waals surface area contributed by atoms with Crippen LogP contribution in [0.5, 0.6) is 11.5 Å². The number of aliphatic hydroxyl groups excluding tert-OH is 1. The first-order valence-electron chi connectivity index (χ1n) is 16.9. The molecule has 0 radical (unpaired) electrons. The zero-order valence-corrected chi connectivity index (χ0v) is 31.5. The van der Waals surface area contributed by atoms with Gasteiger partial charge < -0.3 is 33.3 Å². The summed E-state index contributed by atoms with van der Waals surface area (Å²) in [6, 6.07) is 5.52. The fourth-order valence-electron chi connectivity index (χ4n) is 4.54. The summed E-state index contributed by atoms with van der Waals surface area (Å²) in [5, 5.41) is 20.8. The molecule has 3 unspecified atom stereocenters. The SMILES string of the molecule is C/C=C/CCC(C)c1cc(O)c(C(O)/C(C)=C/C=C(\C)CCC)c(=O)o1.CC(CCC=O)c1cc(OCOCC[Si](C)(C)C)cc(=O)o1. The number of hydrogen-bond donors (Lipinski definition) is 2. The second-order valence-corrected chi connectivity index (χ2v) is 19.1. The molecule has 0 saturated heterocycles. The maximum atomic E-state index is 12.3. The molecule has 0 aromatic carbocycles. The van der Waals surface area contributed by atoms with Crippen LogP contribution in [-0.4, -0.2) is 38.0 Å². The third-order valence-corrected chi connectivity index (χ3v) is 9.43. The van der Waals surface area contributed by atoms with Crippen molar-refractivity contribution in [2.75, 3.05) is 13.4 Å². The summed E-state index contributed by atoms with van der Waals surface area (Å²) in [5.41, 5.74) is 0.530. The second-order valence-electron chi connectivity index (χ2n) is 13.5. The summed E-state index contributed by atoms with van der Waals surface area (Å²) in [6.45, 7) is 19.3. The molecule has 2 aromatic rings. The zero-order valence-electron chi connectivity index (χ0n) is 30.5. The minimum atomic E-state index is -1.19. The maximum absolute atomic E-state index is 12.3. The Morgan fingerprint density at radius 3 is 2.21 bits per heavy atom. The Hall–Kier alpha value is -3.47. The van der Waals surface area contributed by atoms with Crippen LogP contribution in [0.2, 0.25) is 25.7 Å². The van der Waals surface area contributed by atoms with Crippen LogP contribution >= 0.6 is 0 Å². The second kappa shape index (κ2) is 22.2. The van der Waals surface area contributed by atoms with Gasteiger partial charge in [-0.1, -0.05) is 76.7 Å². The summed E-state index contributed by atoms with van der Waals surface area (Å²) in [6.07, 6.45) is 12.2. The van der Waals surface area contributed by atoms with Gasteiger partial charge in [-0.05, 0) is 58.1 Å². The third kappa shape index (κ3) is 16.6. The summed E-state index contributed by atoms with van der Waals surface area (Å²) in [4.78, 5) is 34.3. The number of aromatic hydroxyl groups is 1. The first-order chi connectivity index (χ1) is 22.6. The van der Waals surface area contributed by atoms with Crippen LogP contribution in [-0.2, 0) is 9.53 Å². The van der Waals surface area contributed by atoms with E-state index >= 15 is 0 Å². The van der Waals surface area contributed by atoms with Gasteiger partial charge in [-0.25, -0.2) is 9.59 Å². The molecule has 0 spiro atoms. The molecule has 10 heteroatoms. The molecule has 0 bridgehead atoms. The van der Waals surface area contributed by atoms with Crippen molar-refractivity contribution in [1.82, 2.24) is 0 Å². The third-order valence-electron chi connectivity index (χ3n) is 7.72. The highest BCUT2D eigenvalue weighted by Gasteiger charge is 2.22. The smallest absolute Gasteiger partial charge is 0.345 e. The molecule has 0 amide bonds. The molecule has 2 N–H and O–H groups in total. The van der Waals surface area contributed by atoms with Crippen molar-refractivity contribution in [2.24, 2.45) is 0 Å². The fourth-order valence-corrected chi connectivity index (χ4v) is 5.29. The van der Waals surface area contributed by atoms with Gasteiger partial charge >= 0.3 is 11.3 Å². The number of ether oxygens (including phenoxy) is 2. The van der Waals surface area contributed by atoms with E-state index in [-0.39, 0.29) is 29.9 Å². The van der Waals surface area contributed by atoms with Gasteiger partial charge in [-0.15, -0.1) is 0 Å². The number of aliphatic hydroxyl groups is 1. The lowest BCUT2D eigenvalue weighted by molar-refractivity contribution is -0.108. The van der Waals surface area contributed by atoms with E-state index in [9.17, 15) is 24.6 Å². The van der Waals surface area contributed by atoms with Gasteiger partial charge in [0.2, 0.25) is 0 Å². The summed E-state index contributed by atoms with van der Waals surface area (Å²) in [5.74, 6) is 1.20. The molecule has 0 aliphatic heterocycles. The first kappa shape index (κ1) is 42.5. The molecule has 2 aromatic heterocycles. The average Bonchev–Trinajstić information content (AvgIpc) is 3.01. The van der Waals surface area contributed by atoms with E-state index in [2.05, 4.69) is 32.6 Å². The number of rotatable bonds is 19. The lowest BCUT2D eigenvalue weighted by Gasteiger charge is -2.15. The molecule has 2 rings (SSSR count). The molecule has 0 fully saturated rings. The number of hydrogen-bond acceptors (Lipinski definition) is 9. The molecule has 9 nitrogen and oxygen atoms in total. The van der Waals surface area contributed by atoms with Gasteiger partial charge in [0.25, 0.3) is 0 Å². The molecular formula is C38H58O9Si. The zero-order chi connectivity index (χ0) is 36.3. The standard InChI is InChI=1S/C22H32O4.C16H26O5Si/c1-6-8-9-11-16(4)19-14-18(23)20(22(25)26-19)21(24)17(5)13-12-15(3)10-7-2;1-13(6-5-7-17)15-10-14(11-16(18)21-15)20-12-19-8-9-22(2,3)4/h6,8,12-14,16,21,23-24H,7,9-11H2,1-5H3;7,10-11,13H,5-6,8-9,12H2,1-4H3/b8-6+,15-12+,17-13+;. The van der Waals surface area contributed by atoms with Crippen LogP contribution in [0.15, 0.2) is 72.1 Å². The van der Waals surface area contributed by atoms with E-state index in [0.29, 0.717) is 42.3 Å². The molecule has 268 valence electrons. The van der Waals surface area contributed by atoms with Gasteiger partial charge in [0.1, 0.15) is 41.0 Å². The molecule has 2 heterocycles. The molecule has 0 saturated carbocycles. The summed E-state index contributed by atoms with van der Waals surface area (Å²) < 4.78 is 21.4. The Kier molecular flexibility index (Phi) is 19.7. The van der Waals surface area contributed by atoms with Crippen LogP contribution in [0.3, 0.4) is 0 Å². The minimum Gasteiger partial charge on any atom is -0.507 e. The van der Waals surface area contributed by atoms with Gasteiger partial charge in [0.05, 0.1) is 6.07 Å². The van der Waals surface area contributed by atoms with Crippen molar-refractivity contribution in [3.63, 3.8) is 0 Å². The van der Waals surface area contributed by atoms with Crippen molar-refractivity contribution in [2.45, 2.75) is 124 Å². The Bertz CT molecular complexity index is 1460. The van der Waals surface area contributed by atoms with E-state index in [4.69, 9.17) is 18.3 Å². The largest absolute Gasteiger partial charge is 0.507 e. The predicted octanol–water partition coefficient (Wildman–Crippen LogP) is 8.94. The first-order valence-corrected chi connectivity index (χ1v) is 20.6. The highest BCUT2D eigenvalue weighted by molar-refractivity contribution is 6.76. The normalized spacial score (nSPS) is 14.3. The van der Waals surface area contributed by atoms with E-state index in [1.165, 1.54) is 17.7 Å². The summed E-state index contributed by atoms with van der Waals surface area (Å²) in [7, 11) is -1.11. The van der Waals surface area contributed by atoms with Crippen LogP contribution in [0, 0.1) is 0 Å². The van der Waals surface area contributed by atoms with Gasteiger partial charge in [-0.3, -0.25) is 0 Å². The minimum absolute atomic E-state index is 0.00532. The topological polar surface area (TPSA) is 136 Å². The van der Waals surface area contributed by atoms with Crippen LogP contribution in [0.1, 0.15) is 115 Å². The molecular weight excluding hydrogens is 628 g/mol. The molecule has 48 heavy (non-hydrogen) atoms. The monoisotopic (exact) mass is 686 g/mol. The number of carbonyl (C=O) groups is 1. The van der Waals surface area contributed by atoms with Crippen molar-refractivity contribution >= 4 is 14.4 Å². The van der Waals surface area contributed by atoms with Crippen molar-refractivity contribution in [1.29, 1.82) is 0 Å². The molecule has 0 aliphatic carbocycles. The fraction of sp³-hybridized carbons (Fsp3) is 0.553. The quantitative estimate of drug-likeness (QED) is 0.0371. The van der Waals surface area contributed by atoms with Crippen molar-refractivity contribution in [3.05, 3.63) is 91.6 Å². The van der Waals surface area contributed by atoms with E-state index in [1.807, 2.05) is 39.8 Å². The Morgan fingerprint density at radius 1 is 0.979 bits per heavy atom. The van der Waals surface area contributed by atoms with Crippen molar-refractivity contribution in [3.8, 4) is 11.5 Å². The Labute approximate surface area is 287 Å². The van der Waals surface area contributed by atoms with Crippen LogP contribution < -0.4 is 16.0 Å². The van der Waals surface area contributed by atoms with Crippen molar-refractivity contribution < 1.29 is 33.3 Å². The highest BCUT2D eigenvalue weighted by atomic mass is 28.3. The molecule has 3 atom stereocenters. The molecule has 0 aliphatic rings. The Balaban J connectivity index is 0.000000487. The number of carbonyl (C=O) groups excluding carboxylic acids is 1. The Morgan fingerprint density at radius 2 is 1.62 bits per heavy atom. The maximum Gasteiger partial charge on any atom is 0.345 e. The summed E-state index contributed by atoms with van der Waals surface area (Å²) >= 11 is 0. The average molecular weight is 687 g/mol. The van der Waals surface area contributed by atoms with Gasteiger partial charge in [0, 0.05) is 45.1 Å². The lowest BCUT2D eigenvalue weighted by Crippen LogP contribution is -2.22. The number of allylic oxidation sites excluding steroid dienone is 5.